The van der Waals surface area contributed by atoms with Crippen molar-refractivity contribution in [2.45, 2.75) is 13.5 Å². The van der Waals surface area contributed by atoms with Crippen LogP contribution in [0.1, 0.15) is 21.6 Å². The fourth-order valence-electron chi connectivity index (χ4n) is 2.01. The second-order valence-electron chi connectivity index (χ2n) is 4.28. The van der Waals surface area contributed by atoms with Crippen LogP contribution in [0.4, 0.5) is 5.69 Å². The van der Waals surface area contributed by atoms with Gasteiger partial charge in [-0.2, -0.15) is 0 Å². The quantitative estimate of drug-likeness (QED) is 0.817. The van der Waals surface area contributed by atoms with Crippen LogP contribution < -0.4 is 11.3 Å². The number of aromatic carboxylic acids is 1. The molecular weight excluding hydrogens is 244 g/mol. The third-order valence-electron chi connectivity index (χ3n) is 2.99. The molecule has 0 bridgehead atoms. The fourth-order valence-corrected chi connectivity index (χ4v) is 2.01. The number of anilines is 1. The molecule has 0 fully saturated rings. The summed E-state index contributed by atoms with van der Waals surface area (Å²) in [6.07, 6.45) is 0. The number of aromatic nitrogens is 1. The number of hydrogen-bond donors (Lipinski definition) is 2. The second kappa shape index (κ2) is 4.97. The summed E-state index contributed by atoms with van der Waals surface area (Å²) in [5.74, 6) is -1.09. The Kier molecular flexibility index (Phi) is 3.37. The Hall–Kier alpha value is -2.56. The molecule has 0 spiro atoms. The highest BCUT2D eigenvalue weighted by molar-refractivity contribution is 5.95. The van der Waals surface area contributed by atoms with E-state index in [1.54, 1.807) is 31.2 Å². The normalized spacial score (nSPS) is 10.4. The highest BCUT2D eigenvalue weighted by atomic mass is 16.4. The average molecular weight is 258 g/mol. The lowest BCUT2D eigenvalue weighted by Gasteiger charge is -2.12. The maximum atomic E-state index is 11.8. The van der Waals surface area contributed by atoms with Crippen LogP contribution in [-0.2, 0) is 6.54 Å². The number of nitrogen functional groups attached to an aromatic ring is 1. The lowest BCUT2D eigenvalue weighted by atomic mass is 10.1. The highest BCUT2D eigenvalue weighted by Gasteiger charge is 2.14. The smallest absolute Gasteiger partial charge is 0.338 e. The number of carboxylic acid groups (broad SMARTS) is 1. The Morgan fingerprint density at radius 2 is 1.95 bits per heavy atom. The van der Waals surface area contributed by atoms with Gasteiger partial charge in [0.25, 0.3) is 5.56 Å². The van der Waals surface area contributed by atoms with Crippen molar-refractivity contribution in [1.29, 1.82) is 0 Å². The standard InChI is InChI=1S/C14H14N2O3/c1-9-4-2-7-12(17)16(9)8-10-5-3-6-11(15)13(10)14(18)19/h2-7H,8,15H2,1H3,(H,18,19). The summed E-state index contributed by atoms with van der Waals surface area (Å²) in [4.78, 5) is 23.0. The number of carbonyl (C=O) groups is 1. The van der Waals surface area contributed by atoms with Crippen molar-refractivity contribution in [3.63, 3.8) is 0 Å². The first-order valence-electron chi connectivity index (χ1n) is 5.78. The minimum absolute atomic E-state index is 0.0534. The van der Waals surface area contributed by atoms with Crippen LogP contribution >= 0.6 is 0 Å². The highest BCUT2D eigenvalue weighted by Crippen LogP contribution is 2.18. The Morgan fingerprint density at radius 1 is 1.26 bits per heavy atom. The molecule has 1 aromatic heterocycles. The third-order valence-corrected chi connectivity index (χ3v) is 2.99. The van der Waals surface area contributed by atoms with Crippen molar-refractivity contribution in [2.75, 3.05) is 5.73 Å². The Balaban J connectivity index is 2.53. The van der Waals surface area contributed by atoms with Crippen LogP contribution in [-0.4, -0.2) is 15.6 Å². The maximum absolute atomic E-state index is 11.8. The number of aryl methyl sites for hydroxylation is 1. The van der Waals surface area contributed by atoms with Gasteiger partial charge in [0.2, 0.25) is 0 Å². The van der Waals surface area contributed by atoms with Gasteiger partial charge in [0.15, 0.2) is 0 Å². The lowest BCUT2D eigenvalue weighted by molar-refractivity contribution is 0.0696. The topological polar surface area (TPSA) is 85.3 Å². The second-order valence-corrected chi connectivity index (χ2v) is 4.28. The van der Waals surface area contributed by atoms with Gasteiger partial charge in [-0.05, 0) is 24.6 Å². The number of carboxylic acids is 1. The van der Waals surface area contributed by atoms with Gasteiger partial charge >= 0.3 is 5.97 Å². The molecule has 0 amide bonds. The summed E-state index contributed by atoms with van der Waals surface area (Å²) in [6, 6.07) is 9.80. The van der Waals surface area contributed by atoms with Crippen LogP contribution in [0, 0.1) is 6.92 Å². The van der Waals surface area contributed by atoms with Gasteiger partial charge in [0.1, 0.15) is 0 Å². The van der Waals surface area contributed by atoms with Crippen LogP contribution in [0.25, 0.3) is 0 Å². The van der Waals surface area contributed by atoms with E-state index in [2.05, 4.69) is 0 Å². The summed E-state index contributed by atoms with van der Waals surface area (Å²) < 4.78 is 1.52. The molecule has 98 valence electrons. The zero-order valence-corrected chi connectivity index (χ0v) is 10.5. The molecule has 0 aliphatic rings. The van der Waals surface area contributed by atoms with Crippen molar-refractivity contribution in [3.8, 4) is 0 Å². The predicted molar refractivity (Wildman–Crippen MR) is 72.4 cm³/mol. The van der Waals surface area contributed by atoms with Crippen molar-refractivity contribution in [1.82, 2.24) is 4.57 Å². The largest absolute Gasteiger partial charge is 0.478 e. The zero-order valence-electron chi connectivity index (χ0n) is 10.5. The van der Waals surface area contributed by atoms with E-state index >= 15 is 0 Å². The van der Waals surface area contributed by atoms with Crippen molar-refractivity contribution in [3.05, 3.63) is 63.6 Å². The van der Waals surface area contributed by atoms with E-state index in [4.69, 9.17) is 5.73 Å². The molecule has 3 N–H and O–H groups in total. The van der Waals surface area contributed by atoms with E-state index in [-0.39, 0.29) is 23.4 Å². The molecule has 0 atom stereocenters. The molecule has 5 nitrogen and oxygen atoms in total. The summed E-state index contributed by atoms with van der Waals surface area (Å²) >= 11 is 0. The first kappa shape index (κ1) is 12.9. The summed E-state index contributed by atoms with van der Waals surface area (Å²) in [6.45, 7) is 1.99. The van der Waals surface area contributed by atoms with Crippen molar-refractivity contribution in [2.24, 2.45) is 0 Å². The first-order valence-corrected chi connectivity index (χ1v) is 5.78. The number of benzene rings is 1. The lowest BCUT2D eigenvalue weighted by Crippen LogP contribution is -2.22. The SMILES string of the molecule is Cc1cccc(=O)n1Cc1cccc(N)c1C(=O)O. The van der Waals surface area contributed by atoms with E-state index in [0.717, 1.165) is 5.69 Å². The third kappa shape index (κ3) is 2.49. The molecule has 0 saturated carbocycles. The van der Waals surface area contributed by atoms with Gasteiger partial charge in [0.05, 0.1) is 12.1 Å². The van der Waals surface area contributed by atoms with E-state index in [1.165, 1.54) is 16.7 Å². The van der Waals surface area contributed by atoms with E-state index in [1.807, 2.05) is 0 Å². The monoisotopic (exact) mass is 258 g/mol. The van der Waals surface area contributed by atoms with E-state index in [0.29, 0.717) is 5.56 Å². The molecular formula is C14H14N2O3. The molecule has 0 saturated heterocycles. The summed E-state index contributed by atoms with van der Waals surface area (Å²) in [5, 5.41) is 9.20. The summed E-state index contributed by atoms with van der Waals surface area (Å²) in [5.41, 5.74) is 7.06. The minimum atomic E-state index is -1.09. The molecule has 1 heterocycles. The number of hydrogen-bond acceptors (Lipinski definition) is 3. The van der Waals surface area contributed by atoms with Gasteiger partial charge in [-0.25, -0.2) is 4.79 Å². The van der Waals surface area contributed by atoms with Crippen LogP contribution in [0.5, 0.6) is 0 Å². The Bertz CT molecular complexity index is 689. The molecule has 2 rings (SSSR count). The molecule has 5 heteroatoms. The van der Waals surface area contributed by atoms with Gasteiger partial charge in [-0.3, -0.25) is 4.79 Å². The maximum Gasteiger partial charge on any atom is 0.338 e. The minimum Gasteiger partial charge on any atom is -0.478 e. The molecule has 0 unspecified atom stereocenters. The number of nitrogens with two attached hydrogens (primary N) is 1. The van der Waals surface area contributed by atoms with Gasteiger partial charge in [-0.15, -0.1) is 0 Å². The van der Waals surface area contributed by atoms with Crippen LogP contribution in [0.15, 0.2) is 41.2 Å². The molecule has 0 radical (unpaired) electrons. The van der Waals surface area contributed by atoms with Gasteiger partial charge in [0, 0.05) is 17.4 Å². The molecule has 1 aromatic carbocycles. The van der Waals surface area contributed by atoms with E-state index < -0.39 is 5.97 Å². The van der Waals surface area contributed by atoms with Crippen LogP contribution in [0.3, 0.4) is 0 Å². The number of rotatable bonds is 3. The Labute approximate surface area is 109 Å². The molecule has 19 heavy (non-hydrogen) atoms. The zero-order chi connectivity index (χ0) is 14.0. The summed E-state index contributed by atoms with van der Waals surface area (Å²) in [7, 11) is 0. The Morgan fingerprint density at radius 3 is 2.58 bits per heavy atom. The van der Waals surface area contributed by atoms with Crippen LogP contribution in [0.2, 0.25) is 0 Å². The average Bonchev–Trinajstić information content (AvgIpc) is 2.33. The van der Waals surface area contributed by atoms with Gasteiger partial charge in [-0.1, -0.05) is 18.2 Å². The van der Waals surface area contributed by atoms with Crippen molar-refractivity contribution >= 4 is 11.7 Å². The molecule has 2 aromatic rings. The van der Waals surface area contributed by atoms with E-state index in [9.17, 15) is 14.7 Å². The molecule has 0 aliphatic carbocycles. The number of nitrogens with zero attached hydrogens (tertiary/aromatic N) is 1. The van der Waals surface area contributed by atoms with Crippen molar-refractivity contribution < 1.29 is 9.90 Å². The predicted octanol–water partition coefficient (Wildman–Crippen LogP) is 1.49. The first-order chi connectivity index (χ1) is 9.00. The van der Waals surface area contributed by atoms with Gasteiger partial charge < -0.3 is 15.4 Å². The fraction of sp³-hybridized carbons (Fsp3) is 0.143. The number of pyridine rings is 1. The molecule has 0 aliphatic heterocycles.